The van der Waals surface area contributed by atoms with E-state index in [1.165, 1.54) is 33.9 Å². The van der Waals surface area contributed by atoms with Crippen LogP contribution in [-0.2, 0) is 10.0 Å². The summed E-state index contributed by atoms with van der Waals surface area (Å²) in [4.78, 5) is 48.1. The van der Waals surface area contributed by atoms with E-state index in [-0.39, 0.29) is 53.6 Å². The highest BCUT2D eigenvalue weighted by molar-refractivity contribution is 7.90. The first kappa shape index (κ1) is 49.1. The summed E-state index contributed by atoms with van der Waals surface area (Å²) in [5.41, 5.74) is 4.22. The van der Waals surface area contributed by atoms with Crippen LogP contribution in [0.3, 0.4) is 0 Å². The summed E-state index contributed by atoms with van der Waals surface area (Å²) in [6.07, 6.45) is 2.00. The summed E-state index contributed by atoms with van der Waals surface area (Å²) < 4.78 is 78.4. The van der Waals surface area contributed by atoms with Crippen LogP contribution in [0.5, 0.6) is 11.5 Å². The van der Waals surface area contributed by atoms with E-state index in [1.54, 1.807) is 37.1 Å². The monoisotopic (exact) mass is 997 g/mol. The van der Waals surface area contributed by atoms with Gasteiger partial charge in [-0.1, -0.05) is 43.2 Å². The SMILES string of the molecule is CC1(C)CCC(CN2CCN(c3ccc(C(=O)NS(=O)(=O)c4ccc(NCC(N5CC[P+](C)(O)CC5)C(F)(F)F)c([N+](=O)[O-])c4)c(Oc4cnc5[nH]ccc5c4)c3)CC2)=C(c2ccc(Cl)cc2)C1. The number of nitrogens with one attached hydrogen (secondary N) is 3. The number of alkyl halides is 3. The molecule has 8 rings (SSSR count). The number of nitro groups is 1. The molecule has 2 fully saturated rings. The minimum atomic E-state index is -4.79. The van der Waals surface area contributed by atoms with E-state index < -0.39 is 57.7 Å². The quantitative estimate of drug-likeness (QED) is 0.0471. The Labute approximate surface area is 398 Å². The molecule has 0 spiro atoms. The van der Waals surface area contributed by atoms with Crippen molar-refractivity contribution in [3.05, 3.63) is 117 Å². The van der Waals surface area contributed by atoms with Gasteiger partial charge in [-0.25, -0.2) is 18.1 Å². The number of pyridine rings is 1. The second-order valence-corrected chi connectivity index (χ2v) is 24.4. The number of rotatable bonds is 14. The molecule has 4 N–H and O–H groups in total. The molecular formula is C47H54ClF3N8O7PS+. The van der Waals surface area contributed by atoms with Gasteiger partial charge < -0.3 is 19.9 Å². The van der Waals surface area contributed by atoms with Crippen LogP contribution in [0.15, 0.2) is 95.7 Å². The highest BCUT2D eigenvalue weighted by Gasteiger charge is 2.47. The average molecular weight is 998 g/mol. The van der Waals surface area contributed by atoms with Crippen LogP contribution < -0.4 is 19.7 Å². The summed E-state index contributed by atoms with van der Waals surface area (Å²) >= 11 is 6.23. The number of H-pyrrole nitrogens is 1. The Bertz CT molecular complexity index is 2830. The summed E-state index contributed by atoms with van der Waals surface area (Å²) in [5, 5.41) is 16.1. The van der Waals surface area contributed by atoms with Gasteiger partial charge in [-0.15, -0.1) is 0 Å². The number of nitro benzene ring substituents is 1. The summed E-state index contributed by atoms with van der Waals surface area (Å²) in [7, 11) is -7.08. The standard InChI is InChI=1S/C47H53ClF3N8O7PS/c1-46(2)14-12-33(39(27-46)31-4-6-34(48)7-5-31)30-56-16-18-57(19-17-56)35-8-10-38(42(25-35)66-36-24-32-13-15-52-44(32)54-28-36)45(60)55-68(64,65)37-9-11-40(41(26-37)59(61)62)53-29-43(47(49,50)51)58-20-22-67(3,63)23-21-58/h4-11,13,15,24-26,28,43,53,63H,12,14,16-23,27,29-30H2,1-3H3,(H-,52,54,55,60)/p+1. The van der Waals surface area contributed by atoms with Gasteiger partial charge in [0, 0.05) is 86.8 Å². The molecule has 21 heteroatoms. The lowest BCUT2D eigenvalue weighted by Gasteiger charge is -2.39. The smallest absolute Gasteiger partial charge is 0.405 e. The van der Waals surface area contributed by atoms with Gasteiger partial charge in [0.15, 0.2) is 0 Å². The number of piperazine rings is 1. The Balaban J connectivity index is 0.996. The molecule has 2 aromatic heterocycles. The predicted octanol–water partition coefficient (Wildman–Crippen LogP) is 9.03. The van der Waals surface area contributed by atoms with E-state index in [4.69, 9.17) is 16.3 Å². The molecule has 1 amide bonds. The molecule has 0 radical (unpaired) electrons. The molecule has 4 heterocycles. The Morgan fingerprint density at radius 1 is 1.03 bits per heavy atom. The van der Waals surface area contributed by atoms with Gasteiger partial charge in [-0.2, -0.15) is 13.2 Å². The Hall–Kier alpha value is -5.30. The van der Waals surface area contributed by atoms with E-state index in [0.29, 0.717) is 29.8 Å². The number of nitrogens with zero attached hydrogens (tertiary/aromatic N) is 5. The zero-order chi connectivity index (χ0) is 48.6. The average Bonchev–Trinajstić information content (AvgIpc) is 3.75. The number of hydrogen-bond donors (Lipinski definition) is 4. The zero-order valence-corrected chi connectivity index (χ0v) is 40.3. The van der Waals surface area contributed by atoms with Crippen molar-refractivity contribution in [3.63, 3.8) is 0 Å². The molecular weight excluding hydrogens is 944 g/mol. The largest absolute Gasteiger partial charge is 0.455 e. The fourth-order valence-corrected chi connectivity index (χ4v) is 11.8. The zero-order valence-electron chi connectivity index (χ0n) is 37.9. The van der Waals surface area contributed by atoms with Crippen molar-refractivity contribution in [1.29, 1.82) is 0 Å². The van der Waals surface area contributed by atoms with Gasteiger partial charge in [0.25, 0.3) is 21.6 Å². The van der Waals surface area contributed by atoms with E-state index >= 15 is 0 Å². The number of carbonyl (C=O) groups excluding carboxylic acids is 1. The maximum Gasteiger partial charge on any atom is 0.405 e. The number of anilines is 2. The lowest BCUT2D eigenvalue weighted by Crippen LogP contribution is -2.53. The molecule has 2 aliphatic heterocycles. The summed E-state index contributed by atoms with van der Waals surface area (Å²) in [5.74, 6) is -0.786. The Morgan fingerprint density at radius 2 is 1.75 bits per heavy atom. The maximum absolute atomic E-state index is 14.2. The summed E-state index contributed by atoms with van der Waals surface area (Å²) in [6.45, 7) is 9.20. The van der Waals surface area contributed by atoms with Crippen LogP contribution in [0, 0.1) is 15.5 Å². The van der Waals surface area contributed by atoms with E-state index in [1.807, 2.05) is 16.9 Å². The van der Waals surface area contributed by atoms with Crippen molar-refractivity contribution >= 4 is 68.7 Å². The topological polar surface area (TPSA) is 186 Å². The maximum atomic E-state index is 14.2. The number of ether oxygens (including phenoxy) is 1. The molecule has 2 saturated heterocycles. The lowest BCUT2D eigenvalue weighted by atomic mass is 9.72. The first-order valence-corrected chi connectivity index (χ1v) is 26.7. The van der Waals surface area contributed by atoms with E-state index in [9.17, 15) is 41.4 Å². The number of allylic oxidation sites excluding steroid dienone is 1. The van der Waals surface area contributed by atoms with Gasteiger partial charge in [0.1, 0.15) is 36.4 Å². The number of sulfonamides is 1. The number of fused-ring (bicyclic) bond motifs is 1. The van der Waals surface area contributed by atoms with Crippen molar-refractivity contribution in [2.75, 3.05) is 81.6 Å². The molecule has 3 aromatic carbocycles. The third-order valence-electron chi connectivity index (χ3n) is 13.1. The third kappa shape index (κ3) is 11.6. The first-order valence-electron chi connectivity index (χ1n) is 22.3. The van der Waals surface area contributed by atoms with Crippen LogP contribution in [0.2, 0.25) is 5.02 Å². The van der Waals surface area contributed by atoms with Crippen LogP contribution in [0.4, 0.5) is 30.2 Å². The van der Waals surface area contributed by atoms with Crippen molar-refractivity contribution in [1.82, 2.24) is 24.5 Å². The minimum absolute atomic E-state index is 0.00236. The Morgan fingerprint density at radius 3 is 2.44 bits per heavy atom. The second-order valence-electron chi connectivity index (χ2n) is 18.7. The summed E-state index contributed by atoms with van der Waals surface area (Å²) in [6, 6.07) is 17.0. The van der Waals surface area contributed by atoms with Crippen LogP contribution in [0.25, 0.3) is 16.6 Å². The number of aromatic amines is 1. The van der Waals surface area contributed by atoms with Crippen LogP contribution >= 0.6 is 19.1 Å². The molecule has 68 heavy (non-hydrogen) atoms. The van der Waals surface area contributed by atoms with Crippen molar-refractivity contribution in [2.45, 2.75) is 50.2 Å². The predicted molar refractivity (Wildman–Crippen MR) is 260 cm³/mol. The second kappa shape index (κ2) is 19.6. The molecule has 1 unspecified atom stereocenters. The molecule has 1 aliphatic carbocycles. The van der Waals surface area contributed by atoms with Gasteiger partial charge in [0.2, 0.25) is 0 Å². The molecule has 0 saturated carbocycles. The lowest BCUT2D eigenvalue weighted by molar-refractivity contribution is -0.384. The number of carbonyl (C=O) groups is 1. The third-order valence-corrected chi connectivity index (χ3v) is 17.0. The highest BCUT2D eigenvalue weighted by atomic mass is 35.5. The Kier molecular flexibility index (Phi) is 14.2. The first-order chi connectivity index (χ1) is 32.1. The molecule has 0 bridgehead atoms. The van der Waals surface area contributed by atoms with E-state index in [2.05, 4.69) is 51.1 Å². The fourth-order valence-electron chi connectivity index (χ4n) is 9.08. The molecule has 5 aromatic rings. The van der Waals surface area contributed by atoms with Crippen molar-refractivity contribution in [3.8, 4) is 11.5 Å². The number of benzene rings is 3. The minimum Gasteiger partial charge on any atom is -0.455 e. The highest BCUT2D eigenvalue weighted by Crippen LogP contribution is 2.52. The molecule has 3 aliphatic rings. The van der Waals surface area contributed by atoms with Gasteiger partial charge >= 0.3 is 6.18 Å². The fraction of sp³-hybridized carbons (Fsp3) is 0.404. The number of halogens is 4. The van der Waals surface area contributed by atoms with Crippen LogP contribution in [0.1, 0.15) is 49.0 Å². The normalized spacial score (nSPS) is 18.6. The van der Waals surface area contributed by atoms with Crippen molar-refractivity contribution in [2.24, 2.45) is 5.41 Å². The van der Waals surface area contributed by atoms with Crippen LogP contribution in [-0.4, -0.2) is 127 Å². The number of amides is 1. The molecule has 362 valence electrons. The van der Waals surface area contributed by atoms with Crippen molar-refractivity contribution < 1.29 is 40.9 Å². The molecule has 15 nitrogen and oxygen atoms in total. The molecule has 1 atom stereocenters. The number of aromatic nitrogens is 2. The van der Waals surface area contributed by atoms with Gasteiger partial charge in [0.05, 0.1) is 40.6 Å². The van der Waals surface area contributed by atoms with Gasteiger partial charge in [-0.05, 0) is 84.3 Å². The number of hydrogen-bond acceptors (Lipinski definition) is 12. The van der Waals surface area contributed by atoms with Gasteiger partial charge in [-0.3, -0.25) is 29.6 Å². The van der Waals surface area contributed by atoms with E-state index in [0.717, 1.165) is 62.1 Å².